The van der Waals surface area contributed by atoms with E-state index in [9.17, 15) is 8.42 Å². The zero-order valence-corrected chi connectivity index (χ0v) is 8.56. The maximum atomic E-state index is 10.6. The fraction of sp³-hybridized carbons (Fsp3) is 1.00. The van der Waals surface area contributed by atoms with Gasteiger partial charge in [0.25, 0.3) is 0 Å². The normalized spacial score (nSPS) is 18.5. The third kappa shape index (κ3) is 5.20. The summed E-state index contributed by atoms with van der Waals surface area (Å²) in [4.78, 5) is 0. The van der Waals surface area contributed by atoms with Crippen LogP contribution in [-0.4, -0.2) is 47.0 Å². The van der Waals surface area contributed by atoms with Crippen molar-refractivity contribution >= 4 is 10.0 Å². The maximum absolute atomic E-state index is 10.6. The van der Waals surface area contributed by atoms with Crippen LogP contribution in [0.1, 0.15) is 6.42 Å². The molecule has 1 aliphatic rings. The molecule has 1 heterocycles. The van der Waals surface area contributed by atoms with E-state index in [1.54, 1.807) is 0 Å². The molecule has 6 heteroatoms. The van der Waals surface area contributed by atoms with Gasteiger partial charge in [0.1, 0.15) is 0 Å². The van der Waals surface area contributed by atoms with Crippen molar-refractivity contribution in [2.24, 2.45) is 0 Å². The lowest BCUT2D eigenvalue weighted by Crippen LogP contribution is -2.46. The van der Waals surface area contributed by atoms with E-state index in [1.807, 2.05) is 0 Å². The van der Waals surface area contributed by atoms with E-state index in [0.717, 1.165) is 26.2 Å². The Kier molecular flexibility index (Phi) is 4.11. The number of rotatable bonds is 6. The van der Waals surface area contributed by atoms with Gasteiger partial charge in [0.2, 0.25) is 10.0 Å². The number of ether oxygens (including phenoxy) is 1. The Morgan fingerprint density at radius 2 is 2.08 bits per heavy atom. The Labute approximate surface area is 78.9 Å². The van der Waals surface area contributed by atoms with E-state index >= 15 is 0 Å². The summed E-state index contributed by atoms with van der Waals surface area (Å²) in [6.07, 6.45) is 1.98. The first kappa shape index (κ1) is 10.9. The Hall–Kier alpha value is -0.170. The van der Waals surface area contributed by atoms with E-state index in [-0.39, 0.29) is 0 Å². The molecule has 0 aromatic carbocycles. The standard InChI is InChI=1S/C7H16N2O3S/c1-13(10,11)9-4-2-3-8-7-5-12-6-7/h7-9H,2-6H2,1H3. The van der Waals surface area contributed by atoms with Crippen molar-refractivity contribution in [2.45, 2.75) is 12.5 Å². The minimum Gasteiger partial charge on any atom is -0.378 e. The van der Waals surface area contributed by atoms with E-state index in [0.29, 0.717) is 12.6 Å². The van der Waals surface area contributed by atoms with Crippen molar-refractivity contribution < 1.29 is 13.2 Å². The van der Waals surface area contributed by atoms with Crippen LogP contribution < -0.4 is 10.0 Å². The molecule has 0 unspecified atom stereocenters. The van der Waals surface area contributed by atoms with E-state index in [2.05, 4.69) is 10.0 Å². The number of hydrogen-bond acceptors (Lipinski definition) is 4. The van der Waals surface area contributed by atoms with Gasteiger partial charge in [0.15, 0.2) is 0 Å². The minimum absolute atomic E-state index is 0.471. The molecule has 0 aliphatic carbocycles. The molecule has 0 saturated carbocycles. The molecule has 0 radical (unpaired) electrons. The molecule has 0 atom stereocenters. The lowest BCUT2D eigenvalue weighted by atomic mass is 10.2. The molecular weight excluding hydrogens is 192 g/mol. The highest BCUT2D eigenvalue weighted by atomic mass is 32.2. The monoisotopic (exact) mass is 208 g/mol. The van der Waals surface area contributed by atoms with Gasteiger partial charge in [-0.05, 0) is 13.0 Å². The summed E-state index contributed by atoms with van der Waals surface area (Å²) in [5.41, 5.74) is 0. The Morgan fingerprint density at radius 1 is 1.38 bits per heavy atom. The van der Waals surface area contributed by atoms with Crippen LogP contribution >= 0.6 is 0 Å². The number of sulfonamides is 1. The van der Waals surface area contributed by atoms with Gasteiger partial charge in [0.05, 0.1) is 25.5 Å². The second kappa shape index (κ2) is 4.90. The zero-order chi connectivity index (χ0) is 9.73. The number of nitrogens with one attached hydrogen (secondary N) is 2. The molecule has 2 N–H and O–H groups in total. The van der Waals surface area contributed by atoms with Crippen molar-refractivity contribution in [3.05, 3.63) is 0 Å². The van der Waals surface area contributed by atoms with Crippen molar-refractivity contribution in [2.75, 3.05) is 32.6 Å². The van der Waals surface area contributed by atoms with Gasteiger partial charge >= 0.3 is 0 Å². The van der Waals surface area contributed by atoms with Crippen LogP contribution in [0.2, 0.25) is 0 Å². The van der Waals surface area contributed by atoms with Crippen molar-refractivity contribution in [1.82, 2.24) is 10.0 Å². The summed E-state index contributed by atoms with van der Waals surface area (Å²) in [7, 11) is -3.02. The summed E-state index contributed by atoms with van der Waals surface area (Å²) in [6, 6.07) is 0.471. The maximum Gasteiger partial charge on any atom is 0.208 e. The topological polar surface area (TPSA) is 67.4 Å². The molecule has 0 bridgehead atoms. The second-order valence-electron chi connectivity index (χ2n) is 3.21. The molecular formula is C7H16N2O3S. The van der Waals surface area contributed by atoms with Gasteiger partial charge in [-0.3, -0.25) is 0 Å². The average molecular weight is 208 g/mol. The highest BCUT2D eigenvalue weighted by molar-refractivity contribution is 7.88. The van der Waals surface area contributed by atoms with Crippen molar-refractivity contribution in [1.29, 1.82) is 0 Å². The predicted octanol–water partition coefficient (Wildman–Crippen LogP) is -1.09. The van der Waals surface area contributed by atoms with Gasteiger partial charge in [0, 0.05) is 6.54 Å². The molecule has 1 saturated heterocycles. The molecule has 0 aromatic rings. The van der Waals surface area contributed by atoms with E-state index in [1.165, 1.54) is 6.26 Å². The van der Waals surface area contributed by atoms with Crippen LogP contribution in [0, 0.1) is 0 Å². The Morgan fingerprint density at radius 3 is 2.54 bits per heavy atom. The summed E-state index contributed by atoms with van der Waals surface area (Å²) in [5, 5.41) is 3.25. The first-order valence-electron chi connectivity index (χ1n) is 4.34. The molecule has 5 nitrogen and oxygen atoms in total. The van der Waals surface area contributed by atoms with Crippen LogP contribution in [0.25, 0.3) is 0 Å². The second-order valence-corrected chi connectivity index (χ2v) is 5.04. The third-order valence-electron chi connectivity index (χ3n) is 1.79. The Bertz CT molecular complexity index is 236. The van der Waals surface area contributed by atoms with Crippen molar-refractivity contribution in [3.63, 3.8) is 0 Å². The molecule has 1 fully saturated rings. The van der Waals surface area contributed by atoms with Crippen LogP contribution in [0.4, 0.5) is 0 Å². The van der Waals surface area contributed by atoms with Crippen LogP contribution in [0.3, 0.4) is 0 Å². The zero-order valence-electron chi connectivity index (χ0n) is 7.75. The fourth-order valence-corrected chi connectivity index (χ4v) is 1.52. The van der Waals surface area contributed by atoms with E-state index < -0.39 is 10.0 Å². The minimum atomic E-state index is -3.02. The largest absolute Gasteiger partial charge is 0.378 e. The van der Waals surface area contributed by atoms with Crippen LogP contribution in [-0.2, 0) is 14.8 Å². The molecule has 1 aliphatic heterocycles. The van der Waals surface area contributed by atoms with Gasteiger partial charge in [-0.2, -0.15) is 0 Å². The SMILES string of the molecule is CS(=O)(=O)NCCCNC1COC1. The summed E-state index contributed by atoms with van der Waals surface area (Å²) < 4.78 is 28.7. The number of hydrogen-bond donors (Lipinski definition) is 2. The smallest absolute Gasteiger partial charge is 0.208 e. The summed E-state index contributed by atoms with van der Waals surface area (Å²) >= 11 is 0. The predicted molar refractivity (Wildman–Crippen MR) is 50.1 cm³/mol. The lowest BCUT2D eigenvalue weighted by molar-refractivity contribution is -0.00486. The molecule has 13 heavy (non-hydrogen) atoms. The fourth-order valence-electron chi connectivity index (χ4n) is 1.01. The first-order valence-corrected chi connectivity index (χ1v) is 6.23. The molecule has 0 aromatic heterocycles. The molecule has 78 valence electrons. The highest BCUT2D eigenvalue weighted by Gasteiger charge is 2.16. The van der Waals surface area contributed by atoms with Gasteiger partial charge in [-0.15, -0.1) is 0 Å². The first-order chi connectivity index (χ1) is 6.08. The van der Waals surface area contributed by atoms with Crippen molar-refractivity contribution in [3.8, 4) is 0 Å². The van der Waals surface area contributed by atoms with Gasteiger partial charge < -0.3 is 10.1 Å². The van der Waals surface area contributed by atoms with Crippen LogP contribution in [0.5, 0.6) is 0 Å². The van der Waals surface area contributed by atoms with Crippen LogP contribution in [0.15, 0.2) is 0 Å². The highest BCUT2D eigenvalue weighted by Crippen LogP contribution is 1.98. The van der Waals surface area contributed by atoms with Gasteiger partial charge in [-0.25, -0.2) is 13.1 Å². The van der Waals surface area contributed by atoms with Gasteiger partial charge in [-0.1, -0.05) is 0 Å². The molecule has 0 amide bonds. The van der Waals surface area contributed by atoms with E-state index in [4.69, 9.17) is 4.74 Å². The molecule has 0 spiro atoms. The third-order valence-corrected chi connectivity index (χ3v) is 2.52. The average Bonchev–Trinajstić information content (AvgIpc) is 1.90. The summed E-state index contributed by atoms with van der Waals surface area (Å²) in [5.74, 6) is 0. The summed E-state index contributed by atoms with van der Waals surface area (Å²) in [6.45, 7) is 2.88. The quantitative estimate of drug-likeness (QED) is 0.545. The lowest BCUT2D eigenvalue weighted by Gasteiger charge is -2.26. The molecule has 1 rings (SSSR count). The Balaban J connectivity index is 1.89.